The highest BCUT2D eigenvalue weighted by Crippen LogP contribution is 2.09. The number of nitrogens with two attached hydrogens (primary N) is 1. The smallest absolute Gasteiger partial charge is 0.225 e. The summed E-state index contributed by atoms with van der Waals surface area (Å²) < 4.78 is 5.27. The van der Waals surface area contributed by atoms with Gasteiger partial charge >= 0.3 is 0 Å². The van der Waals surface area contributed by atoms with Crippen LogP contribution >= 0.6 is 0 Å². The molecule has 5 nitrogen and oxygen atoms in total. The quantitative estimate of drug-likeness (QED) is 0.746. The van der Waals surface area contributed by atoms with Gasteiger partial charge in [-0.05, 0) is 18.5 Å². The lowest BCUT2D eigenvalue weighted by Gasteiger charge is -2.26. The Balaban J connectivity index is 2.02. The third-order valence-electron chi connectivity index (χ3n) is 2.42. The van der Waals surface area contributed by atoms with Gasteiger partial charge in [0.2, 0.25) is 5.95 Å². The molecule has 0 amide bonds. The summed E-state index contributed by atoms with van der Waals surface area (Å²) in [6.07, 6.45) is 4.54. The minimum absolute atomic E-state index is 0.639. The fourth-order valence-corrected chi connectivity index (χ4v) is 1.57. The maximum absolute atomic E-state index is 5.46. The predicted octanol–water partition coefficient (Wildman–Crippen LogP) is -0.186. The number of hydrogen-bond acceptors (Lipinski definition) is 5. The van der Waals surface area contributed by atoms with Crippen molar-refractivity contribution in [1.29, 1.82) is 0 Å². The average Bonchev–Trinajstić information content (AvgIpc) is 2.32. The summed E-state index contributed by atoms with van der Waals surface area (Å²) in [6.45, 7) is 3.90. The summed E-state index contributed by atoms with van der Waals surface area (Å²) in [5, 5.41) is 0. The molecule has 2 heterocycles. The van der Waals surface area contributed by atoms with E-state index in [1.165, 1.54) is 0 Å². The molecule has 0 saturated carbocycles. The minimum atomic E-state index is 0.639. The van der Waals surface area contributed by atoms with Crippen LogP contribution in [0.5, 0.6) is 0 Å². The van der Waals surface area contributed by atoms with Crippen LogP contribution in [-0.4, -0.2) is 42.8 Å². The number of rotatable bonds is 3. The number of hydrogen-bond donors (Lipinski definition) is 1. The molecule has 0 aromatic carbocycles. The van der Waals surface area contributed by atoms with Crippen molar-refractivity contribution in [1.82, 2.24) is 9.97 Å². The van der Waals surface area contributed by atoms with Gasteiger partial charge in [-0.2, -0.15) is 0 Å². The van der Waals surface area contributed by atoms with Gasteiger partial charge in [0.25, 0.3) is 0 Å². The van der Waals surface area contributed by atoms with Crippen LogP contribution < -0.4 is 10.6 Å². The molecule has 15 heavy (non-hydrogen) atoms. The highest BCUT2D eigenvalue weighted by Gasteiger charge is 2.12. The summed E-state index contributed by atoms with van der Waals surface area (Å²) >= 11 is 0. The Morgan fingerprint density at radius 2 is 1.93 bits per heavy atom. The molecule has 0 aliphatic carbocycles. The van der Waals surface area contributed by atoms with E-state index in [2.05, 4.69) is 14.9 Å². The lowest BCUT2D eigenvalue weighted by Crippen LogP contribution is -2.37. The van der Waals surface area contributed by atoms with Gasteiger partial charge in [0.1, 0.15) is 0 Å². The molecule has 5 heteroatoms. The molecule has 1 aromatic rings. The lowest BCUT2D eigenvalue weighted by molar-refractivity contribution is 0.122. The summed E-state index contributed by atoms with van der Waals surface area (Å²) in [4.78, 5) is 10.8. The van der Waals surface area contributed by atoms with E-state index in [9.17, 15) is 0 Å². The Kier molecular flexibility index (Phi) is 3.47. The first kappa shape index (κ1) is 10.3. The van der Waals surface area contributed by atoms with Crippen molar-refractivity contribution in [2.45, 2.75) is 6.42 Å². The Morgan fingerprint density at radius 3 is 2.53 bits per heavy atom. The van der Waals surface area contributed by atoms with Crippen molar-refractivity contribution < 1.29 is 4.74 Å². The highest BCUT2D eigenvalue weighted by molar-refractivity contribution is 5.30. The second-order valence-electron chi connectivity index (χ2n) is 3.53. The first-order valence-electron chi connectivity index (χ1n) is 5.24. The average molecular weight is 208 g/mol. The van der Waals surface area contributed by atoms with Crippen LogP contribution in [0.2, 0.25) is 0 Å². The summed E-state index contributed by atoms with van der Waals surface area (Å²) in [5.74, 6) is 0.791. The summed E-state index contributed by atoms with van der Waals surface area (Å²) in [5.41, 5.74) is 6.55. The molecule has 1 fully saturated rings. The Morgan fingerprint density at radius 1 is 1.27 bits per heavy atom. The zero-order valence-electron chi connectivity index (χ0n) is 8.72. The van der Waals surface area contributed by atoms with Crippen LogP contribution in [0, 0.1) is 0 Å². The highest BCUT2D eigenvalue weighted by atomic mass is 16.5. The molecule has 2 rings (SSSR count). The normalized spacial score (nSPS) is 16.7. The molecule has 0 unspecified atom stereocenters. The van der Waals surface area contributed by atoms with Crippen LogP contribution in [0.3, 0.4) is 0 Å². The number of morpholine rings is 1. The molecular formula is C10H16N4O. The molecule has 2 N–H and O–H groups in total. The fourth-order valence-electron chi connectivity index (χ4n) is 1.57. The molecule has 1 aliphatic heterocycles. The molecule has 82 valence electrons. The van der Waals surface area contributed by atoms with E-state index in [0.29, 0.717) is 6.54 Å². The SMILES string of the molecule is NCCc1cnc(N2CCOCC2)nc1. The largest absolute Gasteiger partial charge is 0.378 e. The second-order valence-corrected chi connectivity index (χ2v) is 3.53. The topological polar surface area (TPSA) is 64.3 Å². The number of ether oxygens (including phenoxy) is 1. The van der Waals surface area contributed by atoms with Gasteiger partial charge in [-0.15, -0.1) is 0 Å². The molecule has 0 radical (unpaired) electrons. The van der Waals surface area contributed by atoms with E-state index in [-0.39, 0.29) is 0 Å². The third-order valence-corrected chi connectivity index (χ3v) is 2.42. The van der Waals surface area contributed by atoms with Crippen molar-refractivity contribution in [3.05, 3.63) is 18.0 Å². The Bertz CT molecular complexity index is 295. The van der Waals surface area contributed by atoms with Crippen molar-refractivity contribution in [2.24, 2.45) is 5.73 Å². The zero-order valence-corrected chi connectivity index (χ0v) is 8.72. The van der Waals surface area contributed by atoms with E-state index in [1.807, 2.05) is 12.4 Å². The number of aromatic nitrogens is 2. The molecule has 0 bridgehead atoms. The van der Waals surface area contributed by atoms with Gasteiger partial charge < -0.3 is 15.4 Å². The summed E-state index contributed by atoms with van der Waals surface area (Å²) in [6, 6.07) is 0. The molecular weight excluding hydrogens is 192 g/mol. The van der Waals surface area contributed by atoms with E-state index < -0.39 is 0 Å². The van der Waals surface area contributed by atoms with Gasteiger partial charge in [-0.3, -0.25) is 0 Å². The zero-order chi connectivity index (χ0) is 10.5. The van der Waals surface area contributed by atoms with Crippen molar-refractivity contribution in [3.63, 3.8) is 0 Å². The molecule has 0 atom stereocenters. The maximum Gasteiger partial charge on any atom is 0.225 e. The first-order valence-corrected chi connectivity index (χ1v) is 5.24. The first-order chi connectivity index (χ1) is 7.40. The fraction of sp³-hybridized carbons (Fsp3) is 0.600. The third kappa shape index (κ3) is 2.64. The van der Waals surface area contributed by atoms with Crippen LogP contribution in [0.15, 0.2) is 12.4 Å². The molecule has 1 aromatic heterocycles. The van der Waals surface area contributed by atoms with E-state index >= 15 is 0 Å². The number of nitrogens with zero attached hydrogens (tertiary/aromatic N) is 3. The minimum Gasteiger partial charge on any atom is -0.378 e. The number of anilines is 1. The lowest BCUT2D eigenvalue weighted by atomic mass is 10.2. The van der Waals surface area contributed by atoms with Crippen LogP contribution in [-0.2, 0) is 11.2 Å². The van der Waals surface area contributed by atoms with Gasteiger partial charge in [0.05, 0.1) is 13.2 Å². The second kappa shape index (κ2) is 5.04. The van der Waals surface area contributed by atoms with Crippen LogP contribution in [0.25, 0.3) is 0 Å². The van der Waals surface area contributed by atoms with Gasteiger partial charge in [0.15, 0.2) is 0 Å². The maximum atomic E-state index is 5.46. The van der Waals surface area contributed by atoms with E-state index in [1.54, 1.807) is 0 Å². The van der Waals surface area contributed by atoms with Gasteiger partial charge in [0, 0.05) is 25.5 Å². The van der Waals surface area contributed by atoms with Crippen molar-refractivity contribution in [2.75, 3.05) is 37.7 Å². The predicted molar refractivity (Wildman–Crippen MR) is 57.8 cm³/mol. The van der Waals surface area contributed by atoms with Crippen LogP contribution in [0.1, 0.15) is 5.56 Å². The Labute approximate surface area is 89.3 Å². The standard InChI is InChI=1S/C10H16N4O/c11-2-1-9-7-12-10(13-8-9)14-3-5-15-6-4-14/h7-8H,1-6,11H2. The van der Waals surface area contributed by atoms with E-state index in [0.717, 1.165) is 44.2 Å². The molecule has 1 saturated heterocycles. The van der Waals surface area contributed by atoms with Crippen molar-refractivity contribution >= 4 is 5.95 Å². The molecule has 0 spiro atoms. The van der Waals surface area contributed by atoms with Gasteiger partial charge in [-0.25, -0.2) is 9.97 Å². The van der Waals surface area contributed by atoms with Crippen LogP contribution in [0.4, 0.5) is 5.95 Å². The van der Waals surface area contributed by atoms with E-state index in [4.69, 9.17) is 10.5 Å². The monoisotopic (exact) mass is 208 g/mol. The Hall–Kier alpha value is -1.20. The van der Waals surface area contributed by atoms with Gasteiger partial charge in [-0.1, -0.05) is 0 Å². The van der Waals surface area contributed by atoms with Crippen molar-refractivity contribution in [3.8, 4) is 0 Å². The summed E-state index contributed by atoms with van der Waals surface area (Å²) in [7, 11) is 0. The molecule has 1 aliphatic rings.